The first-order valence-electron chi connectivity index (χ1n) is 8.97. The van der Waals surface area contributed by atoms with Crippen molar-refractivity contribution in [1.29, 1.82) is 0 Å². The van der Waals surface area contributed by atoms with Gasteiger partial charge in [-0.15, -0.1) is 0 Å². The Morgan fingerprint density at radius 3 is 2.59 bits per heavy atom. The van der Waals surface area contributed by atoms with E-state index < -0.39 is 48.9 Å². The van der Waals surface area contributed by atoms with Crippen LogP contribution in [0.3, 0.4) is 0 Å². The summed E-state index contributed by atoms with van der Waals surface area (Å²) in [6.07, 6.45) is 1.20. The number of hydrazine groups is 1. The lowest BCUT2D eigenvalue weighted by atomic mass is 9.93. The Hall–Kier alpha value is -1.92. The molecule has 0 saturated carbocycles. The predicted molar refractivity (Wildman–Crippen MR) is 98.0 cm³/mol. The van der Waals surface area contributed by atoms with Gasteiger partial charge in [0.25, 0.3) is 0 Å². The molecule has 11 heteroatoms. The van der Waals surface area contributed by atoms with Gasteiger partial charge in [0.2, 0.25) is 0 Å². The standard InChI is InChI=1S/C18H27F4N3O4/c1-2-11(6-13(20)14(21)8-19)15(23)9-25(24)16-7-12(4-3-5-28-22)29-17(10-26)18(16)27/h2,6,8-9,12,16-18,26-27H,3-5,7,10,23-24H2,1H3/b11-2+,13-6+,14-8-,15-9-. The summed E-state index contributed by atoms with van der Waals surface area (Å²) in [7, 11) is 0. The minimum atomic E-state index is -1.69. The van der Waals surface area contributed by atoms with E-state index in [0.717, 1.165) is 5.01 Å². The van der Waals surface area contributed by atoms with Crippen LogP contribution in [0.25, 0.3) is 0 Å². The van der Waals surface area contributed by atoms with Gasteiger partial charge in [0.05, 0.1) is 31.1 Å². The summed E-state index contributed by atoms with van der Waals surface area (Å²) in [5, 5.41) is 20.9. The SMILES string of the molecule is C/C=C(\C=C(F)/C(F)=C/F)C(/N)=C/N(N)C1CC(CCCOF)OC(CO)C1O. The molecule has 0 amide bonds. The Morgan fingerprint density at radius 1 is 1.34 bits per heavy atom. The lowest BCUT2D eigenvalue weighted by Crippen LogP contribution is -2.57. The summed E-state index contributed by atoms with van der Waals surface area (Å²) in [6, 6.07) is -0.731. The number of allylic oxidation sites excluding steroid dienone is 4. The van der Waals surface area contributed by atoms with Gasteiger partial charge < -0.3 is 25.7 Å². The van der Waals surface area contributed by atoms with Crippen molar-refractivity contribution in [3.63, 3.8) is 0 Å². The van der Waals surface area contributed by atoms with Crippen LogP contribution in [0.4, 0.5) is 17.7 Å². The lowest BCUT2D eigenvalue weighted by Gasteiger charge is -2.42. The number of nitrogens with two attached hydrogens (primary N) is 2. The molecule has 4 atom stereocenters. The van der Waals surface area contributed by atoms with Crippen LogP contribution in [0, 0.1) is 0 Å². The maximum atomic E-state index is 13.5. The van der Waals surface area contributed by atoms with E-state index in [0.29, 0.717) is 18.9 Å². The van der Waals surface area contributed by atoms with Gasteiger partial charge in [-0.1, -0.05) is 6.08 Å². The van der Waals surface area contributed by atoms with Crippen molar-refractivity contribution in [3.05, 3.63) is 47.6 Å². The lowest BCUT2D eigenvalue weighted by molar-refractivity contribution is -0.168. The fourth-order valence-electron chi connectivity index (χ4n) is 2.96. The molecule has 0 aromatic carbocycles. The van der Waals surface area contributed by atoms with Crippen LogP contribution in [-0.2, 0) is 9.68 Å². The second-order valence-electron chi connectivity index (χ2n) is 6.45. The molecule has 0 spiro atoms. The average Bonchev–Trinajstić information content (AvgIpc) is 2.71. The highest BCUT2D eigenvalue weighted by atomic mass is 19.3. The topological polar surface area (TPSA) is 114 Å². The second-order valence-corrected chi connectivity index (χ2v) is 6.45. The number of rotatable bonds is 10. The van der Waals surface area contributed by atoms with Crippen LogP contribution < -0.4 is 11.6 Å². The Balaban J connectivity index is 2.98. The van der Waals surface area contributed by atoms with Gasteiger partial charge in [0.15, 0.2) is 11.7 Å². The zero-order chi connectivity index (χ0) is 22.0. The Bertz CT molecular complexity index is 643. The highest BCUT2D eigenvalue weighted by molar-refractivity contribution is 5.40. The van der Waals surface area contributed by atoms with Crippen molar-refractivity contribution in [3.8, 4) is 0 Å². The molecule has 1 rings (SSSR count). The second kappa shape index (κ2) is 12.6. The van der Waals surface area contributed by atoms with Gasteiger partial charge >= 0.3 is 0 Å². The van der Waals surface area contributed by atoms with Crippen LogP contribution in [0.2, 0.25) is 0 Å². The third-order valence-corrected chi connectivity index (χ3v) is 4.50. The van der Waals surface area contributed by atoms with E-state index in [2.05, 4.69) is 4.94 Å². The molecule has 1 aliphatic heterocycles. The Kier molecular flexibility index (Phi) is 10.9. The van der Waals surface area contributed by atoms with E-state index >= 15 is 0 Å². The van der Waals surface area contributed by atoms with Crippen LogP contribution in [-0.4, -0.2) is 52.8 Å². The number of ether oxygens (including phenoxy) is 1. The quantitative estimate of drug-likeness (QED) is 0.139. The van der Waals surface area contributed by atoms with E-state index in [1.165, 1.54) is 19.2 Å². The molecule has 0 radical (unpaired) electrons. The van der Waals surface area contributed by atoms with E-state index in [-0.39, 0.29) is 24.3 Å². The van der Waals surface area contributed by atoms with E-state index in [4.69, 9.17) is 16.3 Å². The maximum absolute atomic E-state index is 13.5. The molecule has 29 heavy (non-hydrogen) atoms. The molecule has 0 aromatic rings. The van der Waals surface area contributed by atoms with Gasteiger partial charge in [-0.25, -0.2) is 19.0 Å². The molecule has 0 bridgehead atoms. The molecular weight excluding hydrogens is 398 g/mol. The average molecular weight is 425 g/mol. The first kappa shape index (κ1) is 25.1. The van der Waals surface area contributed by atoms with Crippen LogP contribution in [0.5, 0.6) is 0 Å². The van der Waals surface area contributed by atoms with Crippen molar-refractivity contribution in [2.45, 2.75) is 50.5 Å². The smallest absolute Gasteiger partial charge is 0.186 e. The molecule has 6 N–H and O–H groups in total. The highest BCUT2D eigenvalue weighted by Crippen LogP contribution is 2.27. The fraction of sp³-hybridized carbons (Fsp3) is 0.556. The Labute approximate surface area is 166 Å². The number of hydrogen-bond acceptors (Lipinski definition) is 7. The molecule has 1 heterocycles. The normalized spacial score (nSPS) is 27.3. The Morgan fingerprint density at radius 2 is 2.03 bits per heavy atom. The van der Waals surface area contributed by atoms with Crippen molar-refractivity contribution in [2.75, 3.05) is 13.2 Å². The summed E-state index contributed by atoms with van der Waals surface area (Å²) in [6.45, 7) is 0.915. The molecular formula is C18H27F4N3O4. The number of hydrogen-bond donors (Lipinski definition) is 4. The minimum Gasteiger partial charge on any atom is -0.397 e. The van der Waals surface area contributed by atoms with Crippen molar-refractivity contribution < 1.29 is 37.6 Å². The summed E-state index contributed by atoms with van der Waals surface area (Å²) >= 11 is 0. The number of aliphatic hydroxyl groups is 2. The molecule has 1 aliphatic rings. The number of nitrogens with zero attached hydrogens (tertiary/aromatic N) is 1. The van der Waals surface area contributed by atoms with Gasteiger partial charge in [-0.05, 0) is 42.4 Å². The third-order valence-electron chi connectivity index (χ3n) is 4.50. The summed E-state index contributed by atoms with van der Waals surface area (Å²) in [5.74, 6) is 2.85. The predicted octanol–water partition coefficient (Wildman–Crippen LogP) is 2.10. The van der Waals surface area contributed by atoms with Gasteiger partial charge in [0.1, 0.15) is 18.5 Å². The van der Waals surface area contributed by atoms with E-state index in [9.17, 15) is 27.9 Å². The molecule has 166 valence electrons. The van der Waals surface area contributed by atoms with Gasteiger partial charge in [-0.2, -0.15) is 4.94 Å². The van der Waals surface area contributed by atoms with Crippen LogP contribution in [0.1, 0.15) is 26.2 Å². The van der Waals surface area contributed by atoms with Crippen molar-refractivity contribution in [2.24, 2.45) is 11.6 Å². The van der Waals surface area contributed by atoms with Gasteiger partial charge in [0, 0.05) is 6.20 Å². The van der Waals surface area contributed by atoms with Crippen LogP contribution >= 0.6 is 0 Å². The molecule has 4 unspecified atom stereocenters. The third kappa shape index (κ3) is 7.44. The highest BCUT2D eigenvalue weighted by Gasteiger charge is 2.39. The summed E-state index contributed by atoms with van der Waals surface area (Å²) in [4.78, 5) is 3.52. The number of aliphatic hydroxyl groups excluding tert-OH is 2. The zero-order valence-corrected chi connectivity index (χ0v) is 16.0. The number of halogens is 4. The molecule has 7 nitrogen and oxygen atoms in total. The summed E-state index contributed by atoms with van der Waals surface area (Å²) < 4.78 is 56.0. The summed E-state index contributed by atoms with van der Waals surface area (Å²) in [5.41, 5.74) is 5.84. The van der Waals surface area contributed by atoms with E-state index in [1.807, 2.05) is 0 Å². The van der Waals surface area contributed by atoms with Crippen molar-refractivity contribution >= 4 is 0 Å². The largest absolute Gasteiger partial charge is 0.397 e. The first-order valence-corrected chi connectivity index (χ1v) is 8.97. The fourth-order valence-corrected chi connectivity index (χ4v) is 2.96. The molecule has 1 saturated heterocycles. The minimum absolute atomic E-state index is 0.0341. The van der Waals surface area contributed by atoms with Crippen LogP contribution in [0.15, 0.2) is 47.6 Å². The molecule has 1 fully saturated rings. The zero-order valence-electron chi connectivity index (χ0n) is 16.0. The maximum Gasteiger partial charge on any atom is 0.186 e. The van der Waals surface area contributed by atoms with E-state index in [1.54, 1.807) is 0 Å². The first-order chi connectivity index (χ1) is 13.8. The molecule has 0 aromatic heterocycles. The molecule has 0 aliphatic carbocycles. The van der Waals surface area contributed by atoms with Gasteiger partial charge in [-0.3, -0.25) is 0 Å². The van der Waals surface area contributed by atoms with Crippen molar-refractivity contribution in [1.82, 2.24) is 5.01 Å². The monoisotopic (exact) mass is 425 g/mol.